The van der Waals surface area contributed by atoms with Crippen LogP contribution in [0.3, 0.4) is 0 Å². The summed E-state index contributed by atoms with van der Waals surface area (Å²) in [4.78, 5) is 2.36. The molecule has 1 aliphatic heterocycles. The second-order valence-electron chi connectivity index (χ2n) is 7.36. The molecule has 1 atom stereocenters. The Hall–Kier alpha value is -1.87. The lowest BCUT2D eigenvalue weighted by atomic mass is 9.77. The van der Waals surface area contributed by atoms with Gasteiger partial charge in [-0.25, -0.2) is 0 Å². The van der Waals surface area contributed by atoms with E-state index in [-0.39, 0.29) is 5.41 Å². The quantitative estimate of drug-likeness (QED) is 0.484. The van der Waals surface area contributed by atoms with Gasteiger partial charge in [0.05, 0.1) is 5.41 Å². The second kappa shape index (κ2) is 8.02. The summed E-state index contributed by atoms with van der Waals surface area (Å²) < 4.78 is 3.48. The van der Waals surface area contributed by atoms with Crippen LogP contribution < -0.4 is 4.90 Å². The first-order chi connectivity index (χ1) is 13.0. The molecule has 2 aromatic rings. The Morgan fingerprint density at radius 1 is 1.04 bits per heavy atom. The highest BCUT2D eigenvalue weighted by Gasteiger charge is 2.44. The van der Waals surface area contributed by atoms with Crippen molar-refractivity contribution >= 4 is 39.1 Å². The van der Waals surface area contributed by atoms with E-state index in [9.17, 15) is 0 Å². The van der Waals surface area contributed by atoms with Crippen LogP contribution >= 0.6 is 15.9 Å². The number of benzene rings is 2. The van der Waals surface area contributed by atoms with Gasteiger partial charge in [0.1, 0.15) is 7.05 Å². The average Bonchev–Trinajstić information content (AvgIpc) is 2.90. The summed E-state index contributed by atoms with van der Waals surface area (Å²) in [6, 6.07) is 15.4. The number of para-hydroxylation sites is 1. The lowest BCUT2D eigenvalue weighted by Gasteiger charge is -2.21. The summed E-state index contributed by atoms with van der Waals surface area (Å²) in [6.07, 6.45) is 5.61. The predicted octanol–water partition coefficient (Wildman–Crippen LogP) is 6.40. The molecule has 142 valence electrons. The van der Waals surface area contributed by atoms with Gasteiger partial charge in [0.2, 0.25) is 5.69 Å². The summed E-state index contributed by atoms with van der Waals surface area (Å²) in [7, 11) is 2.18. The van der Waals surface area contributed by atoms with Crippen LogP contribution in [0.15, 0.2) is 53.0 Å². The van der Waals surface area contributed by atoms with Crippen LogP contribution in [0.25, 0.3) is 6.08 Å². The number of nitrogens with zero attached hydrogens (tertiary/aromatic N) is 2. The van der Waals surface area contributed by atoms with Crippen LogP contribution in [-0.2, 0) is 5.41 Å². The van der Waals surface area contributed by atoms with Gasteiger partial charge in [-0.2, -0.15) is 4.58 Å². The number of allylic oxidation sites excluding steroid dienone is 1. The molecule has 27 heavy (non-hydrogen) atoms. The van der Waals surface area contributed by atoms with Gasteiger partial charge < -0.3 is 4.90 Å². The number of anilines is 1. The van der Waals surface area contributed by atoms with Gasteiger partial charge in [-0.05, 0) is 51.0 Å². The molecule has 0 bridgehead atoms. The van der Waals surface area contributed by atoms with Crippen LogP contribution in [0, 0.1) is 0 Å². The molecule has 0 aliphatic carbocycles. The third kappa shape index (κ3) is 3.50. The lowest BCUT2D eigenvalue weighted by Crippen LogP contribution is -2.29. The number of fused-ring (bicyclic) bond motifs is 1. The van der Waals surface area contributed by atoms with Crippen molar-refractivity contribution in [1.29, 1.82) is 0 Å². The molecule has 0 saturated carbocycles. The highest BCUT2D eigenvalue weighted by Crippen LogP contribution is 2.41. The fraction of sp³-hybridized carbons (Fsp3) is 0.375. The lowest BCUT2D eigenvalue weighted by molar-refractivity contribution is -0.401. The van der Waals surface area contributed by atoms with Gasteiger partial charge in [0.15, 0.2) is 5.71 Å². The standard InChI is InChI=1S/C24H30BrN2/c1-6-24(4)20-11-9-10-12-22(20)26(5)23(24)16-14-18-13-15-19(17-21(18)25)27(7-2)8-3/h9-17H,6-8H2,1-5H3/q+1. The molecule has 0 N–H and O–H groups in total. The molecule has 3 heteroatoms. The summed E-state index contributed by atoms with van der Waals surface area (Å²) in [6.45, 7) is 11.1. The van der Waals surface area contributed by atoms with Crippen molar-refractivity contribution in [3.8, 4) is 0 Å². The van der Waals surface area contributed by atoms with Crippen molar-refractivity contribution in [3.05, 3.63) is 64.1 Å². The van der Waals surface area contributed by atoms with Crippen molar-refractivity contribution < 1.29 is 4.58 Å². The summed E-state index contributed by atoms with van der Waals surface area (Å²) >= 11 is 3.77. The van der Waals surface area contributed by atoms with Crippen LogP contribution in [0.5, 0.6) is 0 Å². The fourth-order valence-electron chi connectivity index (χ4n) is 4.14. The van der Waals surface area contributed by atoms with Crippen molar-refractivity contribution in [3.63, 3.8) is 0 Å². The van der Waals surface area contributed by atoms with Crippen LogP contribution in [-0.4, -0.2) is 30.4 Å². The fourth-order valence-corrected chi connectivity index (χ4v) is 4.64. The van der Waals surface area contributed by atoms with E-state index in [4.69, 9.17) is 0 Å². The van der Waals surface area contributed by atoms with Gasteiger partial charge in [0, 0.05) is 41.0 Å². The largest absolute Gasteiger partial charge is 0.372 e. The van der Waals surface area contributed by atoms with Gasteiger partial charge in [0.25, 0.3) is 0 Å². The van der Waals surface area contributed by atoms with Gasteiger partial charge >= 0.3 is 0 Å². The number of halogens is 1. The first-order valence-corrected chi connectivity index (χ1v) is 10.7. The third-order valence-corrected chi connectivity index (χ3v) is 6.71. The summed E-state index contributed by atoms with van der Waals surface area (Å²) in [5.74, 6) is 0. The molecular weight excluding hydrogens is 396 g/mol. The first kappa shape index (κ1) is 19.9. The summed E-state index contributed by atoms with van der Waals surface area (Å²) in [5.41, 5.74) is 6.62. The zero-order valence-electron chi connectivity index (χ0n) is 17.1. The SMILES string of the molecule is CCN(CC)c1ccc(/C=C/C2=[N+](C)c3ccccc3C2(C)CC)c(Br)c1. The Morgan fingerprint density at radius 3 is 2.37 bits per heavy atom. The number of rotatable bonds is 6. The molecule has 3 rings (SSSR count). The topological polar surface area (TPSA) is 6.25 Å². The average molecular weight is 426 g/mol. The molecule has 1 aliphatic rings. The van der Waals surface area contributed by atoms with Gasteiger partial charge in [-0.1, -0.05) is 47.1 Å². The van der Waals surface area contributed by atoms with E-state index in [2.05, 4.69) is 115 Å². The first-order valence-electron chi connectivity index (χ1n) is 9.89. The summed E-state index contributed by atoms with van der Waals surface area (Å²) in [5, 5.41) is 0. The van der Waals surface area contributed by atoms with E-state index < -0.39 is 0 Å². The Balaban J connectivity index is 1.96. The molecule has 2 nitrogen and oxygen atoms in total. The van der Waals surface area contributed by atoms with E-state index in [1.165, 1.54) is 28.2 Å². The maximum atomic E-state index is 3.77. The smallest absolute Gasteiger partial charge is 0.209 e. The second-order valence-corrected chi connectivity index (χ2v) is 8.21. The predicted molar refractivity (Wildman–Crippen MR) is 122 cm³/mol. The monoisotopic (exact) mass is 425 g/mol. The Labute approximate surface area is 172 Å². The highest BCUT2D eigenvalue weighted by atomic mass is 79.9. The van der Waals surface area contributed by atoms with E-state index in [1.807, 2.05) is 0 Å². The zero-order valence-corrected chi connectivity index (χ0v) is 18.7. The Bertz CT molecular complexity index is 893. The molecule has 1 heterocycles. The van der Waals surface area contributed by atoms with Crippen molar-refractivity contribution in [2.45, 2.75) is 39.5 Å². The molecule has 0 fully saturated rings. The van der Waals surface area contributed by atoms with E-state index in [0.717, 1.165) is 24.0 Å². The molecule has 2 aromatic carbocycles. The molecule has 0 spiro atoms. The number of hydrogen-bond acceptors (Lipinski definition) is 1. The zero-order chi connectivity index (χ0) is 19.6. The maximum Gasteiger partial charge on any atom is 0.209 e. The van der Waals surface area contributed by atoms with Crippen molar-refractivity contribution in [1.82, 2.24) is 0 Å². The number of hydrogen-bond donors (Lipinski definition) is 0. The van der Waals surface area contributed by atoms with E-state index in [1.54, 1.807) is 0 Å². The molecule has 0 amide bonds. The van der Waals surface area contributed by atoms with E-state index >= 15 is 0 Å². The molecule has 0 aromatic heterocycles. The normalized spacial score (nSPS) is 19.0. The van der Waals surface area contributed by atoms with Crippen LogP contribution in [0.1, 0.15) is 45.2 Å². The third-order valence-electron chi connectivity index (χ3n) is 6.03. The van der Waals surface area contributed by atoms with Gasteiger partial charge in [-0.3, -0.25) is 0 Å². The maximum absolute atomic E-state index is 3.77. The molecule has 0 radical (unpaired) electrons. The Kier molecular flexibility index (Phi) is 5.90. The van der Waals surface area contributed by atoms with E-state index in [0.29, 0.717) is 0 Å². The molecular formula is C24H30BrN2+. The highest BCUT2D eigenvalue weighted by molar-refractivity contribution is 9.10. The minimum atomic E-state index is 0.0511. The van der Waals surface area contributed by atoms with Crippen molar-refractivity contribution in [2.24, 2.45) is 0 Å². The van der Waals surface area contributed by atoms with Crippen LogP contribution in [0.4, 0.5) is 11.4 Å². The van der Waals surface area contributed by atoms with Gasteiger partial charge in [-0.15, -0.1) is 0 Å². The minimum Gasteiger partial charge on any atom is -0.372 e. The minimum absolute atomic E-state index is 0.0511. The Morgan fingerprint density at radius 2 is 1.74 bits per heavy atom. The molecule has 0 saturated heterocycles. The van der Waals surface area contributed by atoms with Crippen LogP contribution in [0.2, 0.25) is 0 Å². The van der Waals surface area contributed by atoms with Crippen molar-refractivity contribution in [2.75, 3.05) is 25.0 Å². The molecule has 1 unspecified atom stereocenters.